The fourth-order valence-electron chi connectivity index (χ4n) is 1.44. The topological polar surface area (TPSA) is 38.0 Å². The Labute approximate surface area is 86.8 Å². The van der Waals surface area contributed by atoms with Crippen LogP contribution in [-0.4, -0.2) is 14.9 Å². The Morgan fingerprint density at radius 1 is 1.33 bits per heavy atom. The van der Waals surface area contributed by atoms with Gasteiger partial charge in [-0.2, -0.15) is 5.10 Å². The zero-order chi connectivity index (χ0) is 10.8. The minimum absolute atomic E-state index is 0.246. The molecule has 78 valence electrons. The van der Waals surface area contributed by atoms with Gasteiger partial charge in [0, 0.05) is 18.8 Å². The standard InChI is InChI=1S/C11H11FN2O/c1-14-7-6-10(13-14)11(15)8-4-2-3-5-9(8)12/h2-7,11,15H,1H3. The van der Waals surface area contributed by atoms with Gasteiger partial charge < -0.3 is 5.11 Å². The second kappa shape index (κ2) is 3.82. The molecule has 1 atom stereocenters. The molecule has 15 heavy (non-hydrogen) atoms. The number of aliphatic hydroxyl groups is 1. The third kappa shape index (κ3) is 1.89. The van der Waals surface area contributed by atoms with Crippen molar-refractivity contribution in [3.05, 3.63) is 53.6 Å². The van der Waals surface area contributed by atoms with Crippen molar-refractivity contribution in [1.82, 2.24) is 9.78 Å². The number of hydrogen-bond donors (Lipinski definition) is 1. The van der Waals surface area contributed by atoms with Crippen LogP contribution in [0.4, 0.5) is 4.39 Å². The number of rotatable bonds is 2. The van der Waals surface area contributed by atoms with E-state index in [2.05, 4.69) is 5.10 Å². The predicted octanol–water partition coefficient (Wildman–Crippen LogP) is 1.64. The molecule has 0 spiro atoms. The molecule has 3 nitrogen and oxygen atoms in total. The molecule has 1 aromatic heterocycles. The summed E-state index contributed by atoms with van der Waals surface area (Å²) in [4.78, 5) is 0. The molecular formula is C11H11FN2O. The number of benzene rings is 1. The lowest BCUT2D eigenvalue weighted by Crippen LogP contribution is -2.04. The van der Waals surface area contributed by atoms with Crippen molar-refractivity contribution in [2.75, 3.05) is 0 Å². The molecule has 4 heteroatoms. The zero-order valence-electron chi connectivity index (χ0n) is 8.26. The number of nitrogens with zero attached hydrogens (tertiary/aromatic N) is 2. The van der Waals surface area contributed by atoms with Gasteiger partial charge in [0.25, 0.3) is 0 Å². The highest BCUT2D eigenvalue weighted by molar-refractivity contribution is 5.26. The SMILES string of the molecule is Cn1ccc(C(O)c2ccccc2F)n1. The van der Waals surface area contributed by atoms with E-state index in [9.17, 15) is 9.50 Å². The van der Waals surface area contributed by atoms with Gasteiger partial charge in [-0.1, -0.05) is 18.2 Å². The molecule has 0 aliphatic heterocycles. The molecule has 2 aromatic rings. The summed E-state index contributed by atoms with van der Waals surface area (Å²) in [6.45, 7) is 0. The Balaban J connectivity index is 2.36. The normalized spacial score (nSPS) is 12.7. The summed E-state index contributed by atoms with van der Waals surface area (Å²) in [5, 5.41) is 13.9. The van der Waals surface area contributed by atoms with Gasteiger partial charge in [-0.15, -0.1) is 0 Å². The van der Waals surface area contributed by atoms with E-state index < -0.39 is 11.9 Å². The summed E-state index contributed by atoms with van der Waals surface area (Å²) in [6.07, 6.45) is 0.701. The molecule has 0 radical (unpaired) electrons. The van der Waals surface area contributed by atoms with Crippen LogP contribution in [0.25, 0.3) is 0 Å². The maximum atomic E-state index is 13.3. The molecule has 1 aromatic carbocycles. The van der Waals surface area contributed by atoms with Crippen LogP contribution in [0.5, 0.6) is 0 Å². The van der Waals surface area contributed by atoms with Gasteiger partial charge >= 0.3 is 0 Å². The summed E-state index contributed by atoms with van der Waals surface area (Å²) in [5.41, 5.74) is 0.693. The molecule has 0 aliphatic carbocycles. The molecule has 0 aliphatic rings. The Hall–Kier alpha value is -1.68. The van der Waals surface area contributed by atoms with Crippen LogP contribution < -0.4 is 0 Å². The van der Waals surface area contributed by atoms with Gasteiger partial charge in [-0.3, -0.25) is 4.68 Å². The third-order valence-electron chi connectivity index (χ3n) is 2.21. The Morgan fingerprint density at radius 2 is 2.07 bits per heavy atom. The molecule has 0 saturated heterocycles. The van der Waals surface area contributed by atoms with Crippen LogP contribution in [0.2, 0.25) is 0 Å². The fraction of sp³-hybridized carbons (Fsp3) is 0.182. The minimum atomic E-state index is -1.01. The van der Waals surface area contributed by atoms with E-state index >= 15 is 0 Å². The van der Waals surface area contributed by atoms with Crippen LogP contribution in [0.3, 0.4) is 0 Å². The summed E-state index contributed by atoms with van der Waals surface area (Å²) >= 11 is 0. The molecule has 1 heterocycles. The summed E-state index contributed by atoms with van der Waals surface area (Å²) in [7, 11) is 1.75. The maximum absolute atomic E-state index is 13.3. The van der Waals surface area contributed by atoms with Gasteiger partial charge in [0.2, 0.25) is 0 Å². The van der Waals surface area contributed by atoms with Gasteiger partial charge in [0.1, 0.15) is 11.9 Å². The molecular weight excluding hydrogens is 195 g/mol. The van der Waals surface area contributed by atoms with Gasteiger partial charge in [0.15, 0.2) is 0 Å². The first-order chi connectivity index (χ1) is 7.18. The van der Waals surface area contributed by atoms with Crippen LogP contribution >= 0.6 is 0 Å². The average molecular weight is 206 g/mol. The predicted molar refractivity (Wildman–Crippen MR) is 53.7 cm³/mol. The smallest absolute Gasteiger partial charge is 0.129 e. The monoisotopic (exact) mass is 206 g/mol. The van der Waals surface area contributed by atoms with E-state index in [-0.39, 0.29) is 5.56 Å². The van der Waals surface area contributed by atoms with Crippen molar-refractivity contribution in [2.24, 2.45) is 7.05 Å². The highest BCUT2D eigenvalue weighted by Gasteiger charge is 2.16. The number of halogens is 1. The average Bonchev–Trinajstić information content (AvgIpc) is 2.65. The largest absolute Gasteiger partial charge is 0.382 e. The van der Waals surface area contributed by atoms with Crippen molar-refractivity contribution in [2.45, 2.75) is 6.10 Å². The third-order valence-corrected chi connectivity index (χ3v) is 2.21. The zero-order valence-corrected chi connectivity index (χ0v) is 8.26. The number of aliphatic hydroxyl groups excluding tert-OH is 1. The fourth-order valence-corrected chi connectivity index (χ4v) is 1.44. The number of aryl methyl sites for hydroxylation is 1. The highest BCUT2D eigenvalue weighted by Crippen LogP contribution is 2.22. The molecule has 1 N–H and O–H groups in total. The summed E-state index contributed by atoms with van der Waals surface area (Å²) in [6, 6.07) is 7.81. The summed E-state index contributed by atoms with van der Waals surface area (Å²) < 4.78 is 14.9. The quantitative estimate of drug-likeness (QED) is 0.811. The van der Waals surface area contributed by atoms with E-state index in [1.807, 2.05) is 0 Å². The lowest BCUT2D eigenvalue weighted by atomic mass is 10.1. The van der Waals surface area contributed by atoms with Gasteiger partial charge in [-0.05, 0) is 12.1 Å². The van der Waals surface area contributed by atoms with E-state index in [1.165, 1.54) is 6.07 Å². The van der Waals surface area contributed by atoms with E-state index in [1.54, 1.807) is 42.2 Å². The molecule has 0 saturated carbocycles. The molecule has 0 fully saturated rings. The van der Waals surface area contributed by atoms with Gasteiger partial charge in [-0.25, -0.2) is 4.39 Å². The minimum Gasteiger partial charge on any atom is -0.382 e. The Kier molecular flexibility index (Phi) is 2.51. The summed E-state index contributed by atoms with van der Waals surface area (Å²) in [5.74, 6) is -0.421. The van der Waals surface area contributed by atoms with Crippen molar-refractivity contribution < 1.29 is 9.50 Å². The van der Waals surface area contributed by atoms with Crippen molar-refractivity contribution in [3.8, 4) is 0 Å². The highest BCUT2D eigenvalue weighted by atomic mass is 19.1. The first-order valence-corrected chi connectivity index (χ1v) is 4.60. The molecule has 1 unspecified atom stereocenters. The van der Waals surface area contributed by atoms with Crippen molar-refractivity contribution >= 4 is 0 Å². The Bertz CT molecular complexity index is 467. The molecule has 2 rings (SSSR count). The second-order valence-corrected chi connectivity index (χ2v) is 3.34. The second-order valence-electron chi connectivity index (χ2n) is 3.34. The van der Waals surface area contributed by atoms with Crippen LogP contribution in [0.15, 0.2) is 36.5 Å². The maximum Gasteiger partial charge on any atom is 0.129 e. The van der Waals surface area contributed by atoms with Crippen LogP contribution in [-0.2, 0) is 7.05 Å². The molecule has 0 amide bonds. The lowest BCUT2D eigenvalue weighted by molar-refractivity contribution is 0.209. The number of hydrogen-bond acceptors (Lipinski definition) is 2. The first kappa shape index (κ1) is 9.86. The first-order valence-electron chi connectivity index (χ1n) is 4.60. The number of aromatic nitrogens is 2. The van der Waals surface area contributed by atoms with Crippen molar-refractivity contribution in [3.63, 3.8) is 0 Å². The van der Waals surface area contributed by atoms with Crippen molar-refractivity contribution in [1.29, 1.82) is 0 Å². The van der Waals surface area contributed by atoms with E-state index in [4.69, 9.17) is 0 Å². The van der Waals surface area contributed by atoms with E-state index in [0.717, 1.165) is 0 Å². The lowest BCUT2D eigenvalue weighted by Gasteiger charge is -2.08. The Morgan fingerprint density at radius 3 is 2.67 bits per heavy atom. The van der Waals surface area contributed by atoms with E-state index in [0.29, 0.717) is 5.69 Å². The molecule has 0 bridgehead atoms. The van der Waals surface area contributed by atoms with Gasteiger partial charge in [0.05, 0.1) is 5.69 Å². The van der Waals surface area contributed by atoms with Crippen LogP contribution in [0.1, 0.15) is 17.4 Å². The van der Waals surface area contributed by atoms with Crippen LogP contribution in [0, 0.1) is 5.82 Å².